The topological polar surface area (TPSA) is 81.8 Å². The van der Waals surface area contributed by atoms with Gasteiger partial charge < -0.3 is 20.3 Å². The van der Waals surface area contributed by atoms with Gasteiger partial charge in [-0.2, -0.15) is 0 Å². The Morgan fingerprint density at radius 3 is 2.50 bits per heavy atom. The van der Waals surface area contributed by atoms with Gasteiger partial charge in [0.25, 0.3) is 0 Å². The van der Waals surface area contributed by atoms with Crippen LogP contribution in [-0.2, 0) is 20.7 Å². The van der Waals surface area contributed by atoms with Crippen LogP contribution in [0, 0.1) is 0 Å². The third-order valence-electron chi connectivity index (χ3n) is 2.79. The summed E-state index contributed by atoms with van der Waals surface area (Å²) in [5, 5.41) is 8.83. The fourth-order valence-electron chi connectivity index (χ4n) is 1.62. The standard InChI is InChI=1S/C15H23NO4/c1-11(9-17)19-10-12(2)20-15(18)14(16)8-13-6-4-3-5-7-13/h3-7,11-12,14,17H,8-10,16H2,1-2H3. The van der Waals surface area contributed by atoms with Crippen molar-refractivity contribution in [3.8, 4) is 0 Å². The molecule has 1 aromatic carbocycles. The van der Waals surface area contributed by atoms with E-state index in [4.69, 9.17) is 20.3 Å². The fraction of sp³-hybridized carbons (Fsp3) is 0.533. The van der Waals surface area contributed by atoms with Crippen molar-refractivity contribution in [1.82, 2.24) is 0 Å². The molecule has 5 heteroatoms. The smallest absolute Gasteiger partial charge is 0.323 e. The Morgan fingerprint density at radius 1 is 1.25 bits per heavy atom. The van der Waals surface area contributed by atoms with Gasteiger partial charge in [-0.3, -0.25) is 4.79 Å². The minimum Gasteiger partial charge on any atom is -0.459 e. The summed E-state index contributed by atoms with van der Waals surface area (Å²) in [5.41, 5.74) is 6.82. The fourth-order valence-corrected chi connectivity index (χ4v) is 1.62. The lowest BCUT2D eigenvalue weighted by molar-refractivity contribution is -0.153. The largest absolute Gasteiger partial charge is 0.459 e. The lowest BCUT2D eigenvalue weighted by atomic mass is 10.1. The van der Waals surface area contributed by atoms with Gasteiger partial charge in [-0.1, -0.05) is 30.3 Å². The van der Waals surface area contributed by atoms with Gasteiger partial charge in [0.1, 0.15) is 12.1 Å². The first-order valence-corrected chi connectivity index (χ1v) is 6.75. The highest BCUT2D eigenvalue weighted by molar-refractivity contribution is 5.76. The molecule has 0 fully saturated rings. The van der Waals surface area contributed by atoms with Crippen LogP contribution < -0.4 is 5.73 Å². The molecule has 3 unspecified atom stereocenters. The molecule has 0 saturated heterocycles. The van der Waals surface area contributed by atoms with E-state index in [1.165, 1.54) is 0 Å². The number of carbonyl (C=O) groups excluding carboxylic acids is 1. The molecule has 1 rings (SSSR count). The molecule has 3 atom stereocenters. The van der Waals surface area contributed by atoms with E-state index in [2.05, 4.69) is 0 Å². The average Bonchev–Trinajstić information content (AvgIpc) is 2.45. The molecule has 0 aromatic heterocycles. The lowest BCUT2D eigenvalue weighted by Crippen LogP contribution is -2.37. The van der Waals surface area contributed by atoms with Gasteiger partial charge in [0.15, 0.2) is 0 Å². The van der Waals surface area contributed by atoms with E-state index in [0.29, 0.717) is 6.42 Å². The first kappa shape index (κ1) is 16.6. The number of nitrogens with two attached hydrogens (primary N) is 1. The molecule has 0 aliphatic heterocycles. The van der Waals surface area contributed by atoms with Gasteiger partial charge in [0, 0.05) is 0 Å². The summed E-state index contributed by atoms with van der Waals surface area (Å²) >= 11 is 0. The van der Waals surface area contributed by atoms with Crippen molar-refractivity contribution in [2.24, 2.45) is 5.73 Å². The molecule has 0 heterocycles. The molecule has 0 saturated carbocycles. The molecule has 20 heavy (non-hydrogen) atoms. The van der Waals surface area contributed by atoms with Crippen molar-refractivity contribution >= 4 is 5.97 Å². The van der Waals surface area contributed by atoms with Crippen molar-refractivity contribution in [2.45, 2.75) is 38.5 Å². The molecule has 3 N–H and O–H groups in total. The first-order valence-electron chi connectivity index (χ1n) is 6.75. The molecule has 1 aromatic rings. The molecular weight excluding hydrogens is 258 g/mol. The maximum absolute atomic E-state index is 11.8. The predicted octanol–water partition coefficient (Wildman–Crippen LogP) is 0.886. The number of rotatable bonds is 8. The van der Waals surface area contributed by atoms with Crippen LogP contribution in [0.3, 0.4) is 0 Å². The summed E-state index contributed by atoms with van der Waals surface area (Å²) < 4.78 is 10.5. The Labute approximate surface area is 119 Å². The van der Waals surface area contributed by atoms with Gasteiger partial charge in [0.2, 0.25) is 0 Å². The number of hydrogen-bond acceptors (Lipinski definition) is 5. The van der Waals surface area contributed by atoms with E-state index in [9.17, 15) is 4.79 Å². The second-order valence-electron chi connectivity index (χ2n) is 4.87. The monoisotopic (exact) mass is 281 g/mol. The highest BCUT2D eigenvalue weighted by Crippen LogP contribution is 2.05. The SMILES string of the molecule is CC(CO)OCC(C)OC(=O)C(N)Cc1ccccc1. The molecule has 0 spiro atoms. The second kappa shape index (κ2) is 8.68. The Hall–Kier alpha value is -1.43. The third-order valence-corrected chi connectivity index (χ3v) is 2.79. The summed E-state index contributed by atoms with van der Waals surface area (Å²) in [6, 6.07) is 8.87. The molecule has 0 radical (unpaired) electrons. The lowest BCUT2D eigenvalue weighted by Gasteiger charge is -2.18. The second-order valence-corrected chi connectivity index (χ2v) is 4.87. The van der Waals surface area contributed by atoms with E-state index in [0.717, 1.165) is 5.56 Å². The van der Waals surface area contributed by atoms with Crippen molar-refractivity contribution in [3.63, 3.8) is 0 Å². The van der Waals surface area contributed by atoms with Crippen molar-refractivity contribution in [3.05, 3.63) is 35.9 Å². The summed E-state index contributed by atoms with van der Waals surface area (Å²) in [4.78, 5) is 11.8. The van der Waals surface area contributed by atoms with Crippen molar-refractivity contribution in [2.75, 3.05) is 13.2 Å². The highest BCUT2D eigenvalue weighted by atomic mass is 16.6. The molecule has 0 aliphatic rings. The minimum atomic E-state index is -0.685. The number of aliphatic hydroxyl groups is 1. The quantitative estimate of drug-likeness (QED) is 0.691. The summed E-state index contributed by atoms with van der Waals surface area (Å²) in [7, 11) is 0. The zero-order valence-corrected chi connectivity index (χ0v) is 12.0. The zero-order chi connectivity index (χ0) is 15.0. The highest BCUT2D eigenvalue weighted by Gasteiger charge is 2.18. The number of benzene rings is 1. The number of carbonyl (C=O) groups is 1. The Kier molecular flexibility index (Phi) is 7.22. The maximum atomic E-state index is 11.8. The van der Waals surface area contributed by atoms with E-state index in [1.54, 1.807) is 13.8 Å². The molecule has 5 nitrogen and oxygen atoms in total. The van der Waals surface area contributed by atoms with Crippen molar-refractivity contribution < 1.29 is 19.4 Å². The summed E-state index contributed by atoms with van der Waals surface area (Å²) in [6.45, 7) is 3.66. The minimum absolute atomic E-state index is 0.0613. The Morgan fingerprint density at radius 2 is 1.90 bits per heavy atom. The number of ether oxygens (including phenoxy) is 2. The number of esters is 1. The van der Waals surface area contributed by atoms with Gasteiger partial charge in [-0.15, -0.1) is 0 Å². The summed E-state index contributed by atoms with van der Waals surface area (Å²) in [6.07, 6.45) is -0.215. The Bertz CT molecular complexity index is 396. The average molecular weight is 281 g/mol. The molecule has 0 amide bonds. The van der Waals surface area contributed by atoms with Crippen LogP contribution in [0.1, 0.15) is 19.4 Å². The van der Waals surface area contributed by atoms with Crippen LogP contribution in [0.25, 0.3) is 0 Å². The van der Waals surface area contributed by atoms with Gasteiger partial charge in [-0.05, 0) is 25.8 Å². The Balaban J connectivity index is 2.34. The maximum Gasteiger partial charge on any atom is 0.323 e. The van der Waals surface area contributed by atoms with Gasteiger partial charge in [0.05, 0.1) is 19.3 Å². The van der Waals surface area contributed by atoms with E-state index < -0.39 is 18.1 Å². The van der Waals surface area contributed by atoms with Crippen LogP contribution in [0.4, 0.5) is 0 Å². The van der Waals surface area contributed by atoms with Crippen LogP contribution in [0.5, 0.6) is 0 Å². The van der Waals surface area contributed by atoms with Crippen LogP contribution >= 0.6 is 0 Å². The van der Waals surface area contributed by atoms with Gasteiger partial charge in [-0.25, -0.2) is 0 Å². The third kappa shape index (κ3) is 6.14. The van der Waals surface area contributed by atoms with E-state index in [1.807, 2.05) is 30.3 Å². The van der Waals surface area contributed by atoms with Gasteiger partial charge >= 0.3 is 5.97 Å². The number of aliphatic hydroxyl groups excluding tert-OH is 1. The molecule has 0 aliphatic carbocycles. The van der Waals surface area contributed by atoms with Crippen molar-refractivity contribution in [1.29, 1.82) is 0 Å². The molecule has 0 bridgehead atoms. The normalized spacial score (nSPS) is 15.4. The zero-order valence-electron chi connectivity index (χ0n) is 12.0. The molecular formula is C15H23NO4. The van der Waals surface area contributed by atoms with Crippen LogP contribution in [0.2, 0.25) is 0 Å². The van der Waals surface area contributed by atoms with Crippen LogP contribution in [0.15, 0.2) is 30.3 Å². The molecule has 112 valence electrons. The van der Waals surface area contributed by atoms with Crippen LogP contribution in [-0.4, -0.2) is 42.5 Å². The summed E-state index contributed by atoms with van der Waals surface area (Å²) in [5.74, 6) is -0.443. The number of hydrogen-bond donors (Lipinski definition) is 2. The predicted molar refractivity (Wildman–Crippen MR) is 76.2 cm³/mol. The van der Waals surface area contributed by atoms with E-state index in [-0.39, 0.29) is 19.3 Å². The first-order chi connectivity index (χ1) is 9.52. The van der Waals surface area contributed by atoms with E-state index >= 15 is 0 Å².